The van der Waals surface area contributed by atoms with Gasteiger partial charge in [0.15, 0.2) is 0 Å². The van der Waals surface area contributed by atoms with Gasteiger partial charge in [-0.25, -0.2) is 0 Å². The highest BCUT2D eigenvalue weighted by atomic mass is 32.2. The molecule has 1 aliphatic rings. The zero-order valence-electron chi connectivity index (χ0n) is 23.1. The molecule has 0 aliphatic carbocycles. The van der Waals surface area contributed by atoms with Crippen LogP contribution < -0.4 is 15.1 Å². The van der Waals surface area contributed by atoms with Crippen molar-refractivity contribution in [3.63, 3.8) is 0 Å². The van der Waals surface area contributed by atoms with Crippen molar-refractivity contribution in [3.8, 4) is 5.75 Å². The Morgan fingerprint density at radius 1 is 0.884 bits per heavy atom. The molecule has 43 heavy (non-hydrogen) atoms. The van der Waals surface area contributed by atoms with Crippen molar-refractivity contribution in [2.45, 2.75) is 30.2 Å². The zero-order chi connectivity index (χ0) is 30.9. The van der Waals surface area contributed by atoms with Gasteiger partial charge in [-0.1, -0.05) is 30.3 Å². The normalized spacial score (nSPS) is 14.8. The lowest BCUT2D eigenvalue weighted by Gasteiger charge is -2.13. The van der Waals surface area contributed by atoms with E-state index in [2.05, 4.69) is 10.4 Å². The van der Waals surface area contributed by atoms with Gasteiger partial charge >= 0.3 is 0 Å². The van der Waals surface area contributed by atoms with Gasteiger partial charge in [-0.05, 0) is 90.4 Å². The van der Waals surface area contributed by atoms with Crippen molar-refractivity contribution < 1.29 is 35.5 Å². The highest BCUT2D eigenvalue weighted by Gasteiger charge is 2.29. The average Bonchev–Trinajstić information content (AvgIpc) is 3.24. The lowest BCUT2D eigenvalue weighted by molar-refractivity contribution is -0.114. The van der Waals surface area contributed by atoms with Crippen molar-refractivity contribution in [3.05, 3.63) is 95.6 Å². The number of hydrazone groups is 1. The largest absolute Gasteiger partial charge is 0.492 e. The molecule has 1 heterocycles. The van der Waals surface area contributed by atoms with Gasteiger partial charge < -0.3 is 10.1 Å². The van der Waals surface area contributed by atoms with Gasteiger partial charge in [-0.15, -0.1) is 0 Å². The second-order valence-corrected chi connectivity index (χ2v) is 12.5. The number of nitrogens with zero attached hydrogens (tertiary/aromatic N) is 2. The second-order valence-electron chi connectivity index (χ2n) is 9.69. The summed E-state index contributed by atoms with van der Waals surface area (Å²) in [5.41, 5.74) is 3.58. The molecule has 0 atom stereocenters. The fourth-order valence-electron chi connectivity index (χ4n) is 4.57. The van der Waals surface area contributed by atoms with Crippen LogP contribution in [0.25, 0.3) is 16.8 Å². The number of hydrogen-bond acceptors (Lipinski definition) is 8. The van der Waals surface area contributed by atoms with Gasteiger partial charge in [0.25, 0.3) is 26.1 Å². The number of benzene rings is 4. The van der Waals surface area contributed by atoms with Crippen LogP contribution in [0.5, 0.6) is 5.75 Å². The highest BCUT2D eigenvalue weighted by Crippen LogP contribution is 2.30. The topological polar surface area (TPSA) is 163 Å². The number of nitrogens with one attached hydrogen (secondary N) is 1. The molecule has 0 aromatic heterocycles. The fourth-order valence-corrected chi connectivity index (χ4v) is 5.77. The van der Waals surface area contributed by atoms with Crippen LogP contribution in [-0.2, 0) is 31.6 Å². The van der Waals surface area contributed by atoms with Crippen LogP contribution in [0.2, 0.25) is 0 Å². The second kappa shape index (κ2) is 11.6. The maximum Gasteiger partial charge on any atom is 0.298 e. The van der Waals surface area contributed by atoms with E-state index in [1.165, 1.54) is 29.3 Å². The Balaban J connectivity index is 1.29. The van der Waals surface area contributed by atoms with E-state index in [-0.39, 0.29) is 34.6 Å². The molecule has 0 saturated heterocycles. The van der Waals surface area contributed by atoms with Gasteiger partial charge in [0.05, 0.1) is 28.5 Å². The number of hydrogen-bond donors (Lipinski definition) is 3. The number of carbonyl (C=O) groups excluding carboxylic acids is 1. The Kier molecular flexibility index (Phi) is 8.08. The molecule has 1 aliphatic heterocycles. The third-order valence-electron chi connectivity index (χ3n) is 6.70. The Hall–Kier alpha value is -4.56. The molecular weight excluding hydrogens is 594 g/mol. The zero-order valence-corrected chi connectivity index (χ0v) is 24.7. The Labute approximate surface area is 248 Å². The summed E-state index contributed by atoms with van der Waals surface area (Å²) in [5, 5.41) is 10.2. The van der Waals surface area contributed by atoms with Gasteiger partial charge in [0.1, 0.15) is 10.6 Å². The molecule has 222 valence electrons. The molecule has 4 aromatic rings. The first-order chi connectivity index (χ1) is 20.3. The Bertz CT molecular complexity index is 2020. The molecule has 0 spiro atoms. The third kappa shape index (κ3) is 6.60. The van der Waals surface area contributed by atoms with E-state index in [0.29, 0.717) is 33.3 Å². The van der Waals surface area contributed by atoms with Crippen LogP contribution in [0.15, 0.2) is 99.3 Å². The molecular formula is C30H27N3O8S2. The summed E-state index contributed by atoms with van der Waals surface area (Å²) < 4.78 is 70.6. The lowest BCUT2D eigenvalue weighted by Crippen LogP contribution is -2.21. The minimum Gasteiger partial charge on any atom is -0.492 e. The van der Waals surface area contributed by atoms with E-state index in [1.807, 2.05) is 24.3 Å². The van der Waals surface area contributed by atoms with E-state index >= 15 is 0 Å². The van der Waals surface area contributed by atoms with Crippen molar-refractivity contribution in [2.75, 3.05) is 16.9 Å². The Morgan fingerprint density at radius 2 is 1.58 bits per heavy atom. The quantitative estimate of drug-likeness (QED) is 0.169. The maximum atomic E-state index is 13.3. The van der Waals surface area contributed by atoms with Crippen LogP contribution in [0.1, 0.15) is 25.0 Å². The number of ether oxygens (including phenoxy) is 1. The number of fused-ring (bicyclic) bond motifs is 1. The van der Waals surface area contributed by atoms with Crippen LogP contribution in [-0.4, -0.2) is 44.2 Å². The number of rotatable bonds is 9. The summed E-state index contributed by atoms with van der Waals surface area (Å²) in [7, 11) is -8.79. The van der Waals surface area contributed by atoms with Crippen LogP contribution >= 0.6 is 0 Å². The molecule has 13 heteroatoms. The van der Waals surface area contributed by atoms with Gasteiger partial charge in [-0.2, -0.15) is 26.9 Å². The molecule has 0 bridgehead atoms. The standard InChI is InChI=1S/C30H27N3O8S2/c1-3-41-28-13-6-21(15-29(28)43(38,39)40)18-31-24-9-4-20(5-10-24)14-27-19(2)32-33(30(27)34)25-11-7-23-17-26(42(35,36)37)12-8-22(23)16-25/h4-17,31H,3,18H2,1-2H3,(H,35,36,37)(H,38,39,40)/b27-14+. The van der Waals surface area contributed by atoms with Gasteiger partial charge in [0, 0.05) is 12.2 Å². The first kappa shape index (κ1) is 29.9. The van der Waals surface area contributed by atoms with E-state index in [9.17, 15) is 30.7 Å². The first-order valence-electron chi connectivity index (χ1n) is 13.0. The van der Waals surface area contributed by atoms with Crippen molar-refractivity contribution >= 4 is 60.1 Å². The number of carbonyl (C=O) groups is 1. The first-order valence-corrected chi connectivity index (χ1v) is 15.9. The summed E-state index contributed by atoms with van der Waals surface area (Å²) in [6.07, 6.45) is 1.73. The SMILES string of the molecule is CCOc1ccc(CNc2ccc(/C=C3/C(=O)N(c4ccc5cc(S(=O)(=O)O)ccc5c4)N=C3C)cc2)cc1S(=O)(=O)O. The van der Waals surface area contributed by atoms with E-state index in [0.717, 1.165) is 11.3 Å². The Morgan fingerprint density at radius 3 is 2.26 bits per heavy atom. The van der Waals surface area contributed by atoms with Crippen molar-refractivity contribution in [1.29, 1.82) is 0 Å². The van der Waals surface area contributed by atoms with Gasteiger partial charge in [-0.3, -0.25) is 13.9 Å². The fraction of sp³-hybridized carbons (Fsp3) is 0.133. The molecule has 5 rings (SSSR count). The molecule has 0 radical (unpaired) electrons. The molecule has 4 aromatic carbocycles. The molecule has 3 N–H and O–H groups in total. The number of amides is 1. The highest BCUT2D eigenvalue weighted by molar-refractivity contribution is 7.86. The molecule has 11 nitrogen and oxygen atoms in total. The van der Waals surface area contributed by atoms with Crippen molar-refractivity contribution in [1.82, 2.24) is 0 Å². The molecule has 0 unspecified atom stereocenters. The van der Waals surface area contributed by atoms with Crippen LogP contribution in [0.4, 0.5) is 11.4 Å². The maximum absolute atomic E-state index is 13.3. The summed E-state index contributed by atoms with van der Waals surface area (Å²) in [5.74, 6) is -0.237. The minimum atomic E-state index is -4.45. The van der Waals surface area contributed by atoms with Gasteiger partial charge in [0.2, 0.25) is 0 Å². The average molecular weight is 622 g/mol. The summed E-state index contributed by atoms with van der Waals surface area (Å²) in [4.78, 5) is 12.8. The predicted molar refractivity (Wildman–Crippen MR) is 164 cm³/mol. The van der Waals surface area contributed by atoms with Crippen molar-refractivity contribution in [2.24, 2.45) is 5.10 Å². The molecule has 0 fully saturated rings. The van der Waals surface area contributed by atoms with Crippen LogP contribution in [0, 0.1) is 0 Å². The smallest absolute Gasteiger partial charge is 0.298 e. The molecule has 1 amide bonds. The lowest BCUT2D eigenvalue weighted by atomic mass is 10.1. The van der Waals surface area contributed by atoms with Crippen LogP contribution in [0.3, 0.4) is 0 Å². The van der Waals surface area contributed by atoms with E-state index in [1.54, 1.807) is 50.3 Å². The van der Waals surface area contributed by atoms with E-state index in [4.69, 9.17) is 4.74 Å². The number of anilines is 2. The predicted octanol–water partition coefficient (Wildman–Crippen LogP) is 5.15. The summed E-state index contributed by atoms with van der Waals surface area (Å²) in [6.45, 7) is 3.99. The monoisotopic (exact) mass is 621 g/mol. The summed E-state index contributed by atoms with van der Waals surface area (Å²) in [6, 6.07) is 21.1. The summed E-state index contributed by atoms with van der Waals surface area (Å²) >= 11 is 0. The van der Waals surface area contributed by atoms with E-state index < -0.39 is 20.2 Å². The minimum absolute atomic E-state index is 0.0832. The molecule has 0 saturated carbocycles. The third-order valence-corrected chi connectivity index (χ3v) is 8.43.